The summed E-state index contributed by atoms with van der Waals surface area (Å²) in [6.07, 6.45) is 1.62. The van der Waals surface area contributed by atoms with Gasteiger partial charge in [0.1, 0.15) is 0 Å². The molecule has 0 aliphatic rings. The first-order valence-electron chi connectivity index (χ1n) is 5.13. The van der Waals surface area contributed by atoms with E-state index >= 15 is 0 Å². The first-order valence-corrected chi connectivity index (χ1v) is 5.13. The highest BCUT2D eigenvalue weighted by molar-refractivity contribution is 6.06. The van der Waals surface area contributed by atoms with E-state index in [0.717, 1.165) is 0 Å². The summed E-state index contributed by atoms with van der Waals surface area (Å²) in [4.78, 5) is 27.6. The molecule has 0 saturated carbocycles. The summed E-state index contributed by atoms with van der Waals surface area (Å²) in [5.41, 5.74) is 0.496. The summed E-state index contributed by atoms with van der Waals surface area (Å²) in [6, 6.07) is 3.42. The second kappa shape index (κ2) is 5.34. The molecule has 82 valence electrons. The largest absolute Gasteiger partial charge is 0.359 e. The number of rotatable bonds is 5. The normalized spacial score (nSPS) is 10.0. The van der Waals surface area contributed by atoms with E-state index in [1.54, 1.807) is 23.2 Å². The van der Waals surface area contributed by atoms with Crippen molar-refractivity contribution < 1.29 is 9.59 Å². The summed E-state index contributed by atoms with van der Waals surface area (Å²) >= 11 is 0. The predicted octanol–water partition coefficient (Wildman–Crippen LogP) is 1.46. The predicted molar refractivity (Wildman–Crippen MR) is 57.7 cm³/mol. The van der Waals surface area contributed by atoms with Gasteiger partial charge in [0.2, 0.25) is 5.91 Å². The lowest BCUT2D eigenvalue weighted by Crippen LogP contribution is -2.32. The Hall–Kier alpha value is -1.58. The van der Waals surface area contributed by atoms with Crippen molar-refractivity contribution in [2.24, 2.45) is 0 Å². The van der Waals surface area contributed by atoms with Gasteiger partial charge in [-0.2, -0.15) is 0 Å². The van der Waals surface area contributed by atoms with E-state index in [2.05, 4.69) is 4.98 Å². The number of ketones is 1. The number of aromatic amines is 1. The smallest absolute Gasteiger partial charge is 0.230 e. The van der Waals surface area contributed by atoms with Gasteiger partial charge >= 0.3 is 0 Å². The Labute approximate surface area is 89.3 Å². The molecule has 0 aromatic carbocycles. The lowest BCUT2D eigenvalue weighted by molar-refractivity contribution is -0.129. The van der Waals surface area contributed by atoms with Crippen molar-refractivity contribution in [3.05, 3.63) is 24.0 Å². The minimum Gasteiger partial charge on any atom is -0.359 e. The van der Waals surface area contributed by atoms with Crippen LogP contribution in [0.15, 0.2) is 18.3 Å². The van der Waals surface area contributed by atoms with Crippen LogP contribution in [-0.2, 0) is 4.79 Å². The van der Waals surface area contributed by atoms with Crippen molar-refractivity contribution >= 4 is 11.7 Å². The number of carbonyl (C=O) groups excluding carboxylic acids is 2. The Balaban J connectivity index is 2.55. The first kappa shape index (κ1) is 11.5. The number of carbonyl (C=O) groups is 2. The second-order valence-corrected chi connectivity index (χ2v) is 3.25. The Bertz CT molecular complexity index is 326. The van der Waals surface area contributed by atoms with Gasteiger partial charge in [-0.05, 0) is 26.0 Å². The molecular formula is C11H16N2O2. The highest BCUT2D eigenvalue weighted by Crippen LogP contribution is 2.02. The van der Waals surface area contributed by atoms with Crippen LogP contribution in [0.1, 0.15) is 30.8 Å². The van der Waals surface area contributed by atoms with Gasteiger partial charge in [-0.1, -0.05) is 0 Å². The molecule has 0 unspecified atom stereocenters. The second-order valence-electron chi connectivity index (χ2n) is 3.25. The average molecular weight is 208 g/mol. The quantitative estimate of drug-likeness (QED) is 0.588. The van der Waals surface area contributed by atoms with Crippen molar-refractivity contribution in [2.75, 3.05) is 13.1 Å². The lowest BCUT2D eigenvalue weighted by atomic mass is 10.2. The van der Waals surface area contributed by atoms with Gasteiger partial charge in [-0.25, -0.2) is 0 Å². The van der Waals surface area contributed by atoms with Crippen molar-refractivity contribution in [1.29, 1.82) is 0 Å². The number of nitrogens with one attached hydrogen (secondary N) is 1. The van der Waals surface area contributed by atoms with Crippen molar-refractivity contribution in [2.45, 2.75) is 20.3 Å². The van der Waals surface area contributed by atoms with E-state index in [1.165, 1.54) is 0 Å². The molecule has 0 aliphatic carbocycles. The van der Waals surface area contributed by atoms with Crippen LogP contribution in [0.4, 0.5) is 0 Å². The molecule has 1 aromatic heterocycles. The van der Waals surface area contributed by atoms with E-state index in [9.17, 15) is 9.59 Å². The molecule has 1 aromatic rings. The fourth-order valence-corrected chi connectivity index (χ4v) is 1.42. The number of H-pyrrole nitrogens is 1. The zero-order chi connectivity index (χ0) is 11.3. The summed E-state index contributed by atoms with van der Waals surface area (Å²) in [6.45, 7) is 5.10. The topological polar surface area (TPSA) is 53.2 Å². The monoisotopic (exact) mass is 208 g/mol. The van der Waals surface area contributed by atoms with Crippen LogP contribution in [0.2, 0.25) is 0 Å². The fourth-order valence-electron chi connectivity index (χ4n) is 1.42. The van der Waals surface area contributed by atoms with Crippen molar-refractivity contribution in [1.82, 2.24) is 9.88 Å². The van der Waals surface area contributed by atoms with E-state index in [-0.39, 0.29) is 18.1 Å². The molecule has 1 amide bonds. The molecule has 4 heteroatoms. The maximum atomic E-state index is 11.6. The molecular weight excluding hydrogens is 192 g/mol. The molecule has 1 rings (SSSR count). The maximum Gasteiger partial charge on any atom is 0.230 e. The molecule has 1 N–H and O–H groups in total. The lowest BCUT2D eigenvalue weighted by Gasteiger charge is -2.17. The molecule has 0 bridgehead atoms. The third kappa shape index (κ3) is 2.94. The standard InChI is InChI=1S/C11H16N2O2/c1-3-13(4-2)11(15)8-10(14)9-6-5-7-12-9/h5-7,12H,3-4,8H2,1-2H3. The third-order valence-corrected chi connectivity index (χ3v) is 2.33. The minimum atomic E-state index is -0.156. The number of hydrogen-bond acceptors (Lipinski definition) is 2. The van der Waals surface area contributed by atoms with Crippen LogP contribution in [0.3, 0.4) is 0 Å². The van der Waals surface area contributed by atoms with Gasteiger partial charge < -0.3 is 9.88 Å². The number of nitrogens with zero attached hydrogens (tertiary/aromatic N) is 1. The van der Waals surface area contributed by atoms with E-state index in [1.807, 2.05) is 13.8 Å². The SMILES string of the molecule is CCN(CC)C(=O)CC(=O)c1ccc[nH]1. The van der Waals surface area contributed by atoms with Gasteiger partial charge in [0.05, 0.1) is 12.1 Å². The van der Waals surface area contributed by atoms with Gasteiger partial charge in [-0.15, -0.1) is 0 Å². The van der Waals surface area contributed by atoms with Gasteiger partial charge in [-0.3, -0.25) is 9.59 Å². The minimum absolute atomic E-state index is 0.0534. The van der Waals surface area contributed by atoms with E-state index in [0.29, 0.717) is 18.8 Å². The zero-order valence-electron chi connectivity index (χ0n) is 9.12. The third-order valence-electron chi connectivity index (χ3n) is 2.33. The molecule has 0 radical (unpaired) electrons. The molecule has 15 heavy (non-hydrogen) atoms. The highest BCUT2D eigenvalue weighted by Gasteiger charge is 2.16. The van der Waals surface area contributed by atoms with Crippen molar-refractivity contribution in [3.8, 4) is 0 Å². The zero-order valence-corrected chi connectivity index (χ0v) is 9.12. The molecule has 0 atom stereocenters. The van der Waals surface area contributed by atoms with Crippen LogP contribution in [0, 0.1) is 0 Å². The molecule has 0 spiro atoms. The first-order chi connectivity index (χ1) is 7.19. The number of Topliss-reactive ketones (excluding diaryl/α,β-unsaturated/α-hetero) is 1. The molecule has 0 aliphatic heterocycles. The van der Waals surface area contributed by atoms with Crippen LogP contribution in [0.25, 0.3) is 0 Å². The maximum absolute atomic E-state index is 11.6. The average Bonchev–Trinajstić information content (AvgIpc) is 2.72. The number of amides is 1. The summed E-state index contributed by atoms with van der Waals surface area (Å²) in [5.74, 6) is -0.267. The Morgan fingerprint density at radius 1 is 1.33 bits per heavy atom. The van der Waals surface area contributed by atoms with Gasteiger partial charge in [0.25, 0.3) is 0 Å². The van der Waals surface area contributed by atoms with Crippen molar-refractivity contribution in [3.63, 3.8) is 0 Å². The van der Waals surface area contributed by atoms with Crippen LogP contribution < -0.4 is 0 Å². The van der Waals surface area contributed by atoms with Crippen LogP contribution >= 0.6 is 0 Å². The highest BCUT2D eigenvalue weighted by atomic mass is 16.2. The Morgan fingerprint density at radius 3 is 2.47 bits per heavy atom. The number of aromatic nitrogens is 1. The van der Waals surface area contributed by atoms with Crippen LogP contribution in [0.5, 0.6) is 0 Å². The Morgan fingerprint density at radius 2 is 2.00 bits per heavy atom. The molecule has 1 heterocycles. The van der Waals surface area contributed by atoms with Gasteiger partial charge in [0, 0.05) is 19.3 Å². The van der Waals surface area contributed by atoms with Crippen LogP contribution in [-0.4, -0.2) is 34.7 Å². The van der Waals surface area contributed by atoms with E-state index < -0.39 is 0 Å². The van der Waals surface area contributed by atoms with E-state index in [4.69, 9.17) is 0 Å². The summed E-state index contributed by atoms with van der Waals surface area (Å²) in [5, 5.41) is 0. The summed E-state index contributed by atoms with van der Waals surface area (Å²) < 4.78 is 0. The molecule has 0 fully saturated rings. The fraction of sp³-hybridized carbons (Fsp3) is 0.455. The number of hydrogen-bond donors (Lipinski definition) is 1. The Kier molecular flexibility index (Phi) is 4.09. The summed E-state index contributed by atoms with van der Waals surface area (Å²) in [7, 11) is 0. The molecule has 0 saturated heterocycles. The molecule has 4 nitrogen and oxygen atoms in total. The van der Waals surface area contributed by atoms with Gasteiger partial charge in [0.15, 0.2) is 5.78 Å².